The molecule has 3 N–H and O–H groups in total. The van der Waals surface area contributed by atoms with Crippen molar-refractivity contribution >= 4 is 27.9 Å². The first kappa shape index (κ1) is 26.8. The number of carbonyl (C=O) groups is 3. The zero-order valence-corrected chi connectivity index (χ0v) is 20.5. The van der Waals surface area contributed by atoms with Crippen molar-refractivity contribution in [1.82, 2.24) is 15.4 Å². The molecule has 10 nitrogen and oxygen atoms in total. The summed E-state index contributed by atoms with van der Waals surface area (Å²) in [5, 5.41) is 4.55. The Kier molecular flexibility index (Phi) is 8.77. The van der Waals surface area contributed by atoms with Crippen LogP contribution in [-0.4, -0.2) is 45.5 Å². The monoisotopic (exact) mass is 491 g/mol. The Labute approximate surface area is 199 Å². The summed E-state index contributed by atoms with van der Waals surface area (Å²) in [7, 11) is -2.74. The second-order valence-corrected chi connectivity index (χ2v) is 9.92. The summed E-state index contributed by atoms with van der Waals surface area (Å²) in [6.07, 6.45) is -1.45. The lowest BCUT2D eigenvalue weighted by molar-refractivity contribution is -0.129. The van der Waals surface area contributed by atoms with Crippen LogP contribution in [0.3, 0.4) is 0 Å². The van der Waals surface area contributed by atoms with Gasteiger partial charge in [-0.1, -0.05) is 30.3 Å². The number of methoxy groups -OCH3 is 1. The summed E-state index contributed by atoms with van der Waals surface area (Å²) in [6, 6.07) is 11.1. The summed E-state index contributed by atoms with van der Waals surface area (Å²) in [5.41, 5.74) is -0.578. The molecule has 0 radical (unpaired) electrons. The van der Waals surface area contributed by atoms with Gasteiger partial charge in [-0.05, 0) is 45.9 Å². The topological polar surface area (TPSA) is 140 Å². The summed E-state index contributed by atoms with van der Waals surface area (Å²) >= 11 is 0. The van der Waals surface area contributed by atoms with Crippen molar-refractivity contribution in [1.29, 1.82) is 0 Å². The summed E-state index contributed by atoms with van der Waals surface area (Å²) < 4.78 is 38.8. The van der Waals surface area contributed by atoms with E-state index in [9.17, 15) is 22.8 Å². The quantitative estimate of drug-likeness (QED) is 0.482. The van der Waals surface area contributed by atoms with Crippen LogP contribution in [0.5, 0.6) is 5.75 Å². The summed E-state index contributed by atoms with van der Waals surface area (Å²) in [5.74, 6) is -1.79. The zero-order valence-electron chi connectivity index (χ0n) is 19.7. The fourth-order valence-electron chi connectivity index (χ4n) is 2.93. The molecule has 2 aromatic rings. The van der Waals surface area contributed by atoms with Crippen LogP contribution in [0.4, 0.5) is 4.79 Å². The minimum Gasteiger partial charge on any atom is -0.495 e. The van der Waals surface area contributed by atoms with Gasteiger partial charge in [-0.25, -0.2) is 22.7 Å². The molecule has 0 saturated heterocycles. The van der Waals surface area contributed by atoms with Crippen molar-refractivity contribution in [3.63, 3.8) is 0 Å². The summed E-state index contributed by atoms with van der Waals surface area (Å²) in [6.45, 7) is 7.00. The highest BCUT2D eigenvalue weighted by Gasteiger charge is 2.30. The number of carbonyl (C=O) groups excluding carboxylic acids is 3. The number of sulfonamides is 1. The van der Waals surface area contributed by atoms with Crippen LogP contribution in [-0.2, 0) is 19.6 Å². The van der Waals surface area contributed by atoms with Gasteiger partial charge >= 0.3 is 12.0 Å². The molecule has 1 unspecified atom stereocenters. The first-order chi connectivity index (χ1) is 15.9. The predicted octanol–water partition coefficient (Wildman–Crippen LogP) is 2.52. The van der Waals surface area contributed by atoms with Gasteiger partial charge in [-0.2, -0.15) is 0 Å². The second-order valence-electron chi connectivity index (χ2n) is 8.27. The molecule has 0 bridgehead atoms. The van der Waals surface area contributed by atoms with E-state index in [2.05, 4.69) is 15.4 Å². The number of hydrogen-bond acceptors (Lipinski definition) is 7. The Morgan fingerprint density at radius 3 is 2.24 bits per heavy atom. The molecule has 0 spiro atoms. The molecule has 11 heteroatoms. The molecular weight excluding hydrogens is 462 g/mol. The number of esters is 1. The largest absolute Gasteiger partial charge is 0.495 e. The Balaban J connectivity index is 2.40. The van der Waals surface area contributed by atoms with Crippen LogP contribution in [0.2, 0.25) is 0 Å². The van der Waals surface area contributed by atoms with Crippen molar-refractivity contribution in [2.24, 2.45) is 0 Å². The van der Waals surface area contributed by atoms with Crippen LogP contribution >= 0.6 is 0 Å². The maximum absolute atomic E-state index is 12.9. The number of hydrogen-bond donors (Lipinski definition) is 3. The van der Waals surface area contributed by atoms with Gasteiger partial charge in [0.1, 0.15) is 10.6 Å². The third-order valence-electron chi connectivity index (χ3n) is 4.27. The van der Waals surface area contributed by atoms with E-state index in [4.69, 9.17) is 9.47 Å². The minimum atomic E-state index is -4.05. The number of ether oxygens (including phenoxy) is 2. The normalized spacial score (nSPS) is 12.4. The molecule has 34 heavy (non-hydrogen) atoms. The molecule has 2 rings (SSSR count). The molecule has 0 aromatic heterocycles. The van der Waals surface area contributed by atoms with Gasteiger partial charge in [0.15, 0.2) is 0 Å². The number of nitrogens with one attached hydrogen (secondary N) is 3. The van der Waals surface area contributed by atoms with Crippen molar-refractivity contribution in [2.75, 3.05) is 13.7 Å². The van der Waals surface area contributed by atoms with Crippen LogP contribution in [0.15, 0.2) is 53.4 Å². The molecular formula is C23H29N3O7S. The highest BCUT2D eigenvalue weighted by molar-refractivity contribution is 7.89. The van der Waals surface area contributed by atoms with Gasteiger partial charge in [0.2, 0.25) is 16.1 Å². The second kappa shape index (κ2) is 11.1. The first-order valence-corrected chi connectivity index (χ1v) is 11.9. The molecule has 0 heterocycles. The van der Waals surface area contributed by atoms with Gasteiger partial charge in [0.25, 0.3) is 5.91 Å². The van der Waals surface area contributed by atoms with Gasteiger partial charge in [0.05, 0.1) is 12.7 Å². The molecule has 0 saturated carbocycles. The van der Waals surface area contributed by atoms with Crippen LogP contribution in [0.1, 0.15) is 49.7 Å². The van der Waals surface area contributed by atoms with E-state index in [-0.39, 0.29) is 16.2 Å². The third-order valence-corrected chi connectivity index (χ3v) is 6.05. The molecule has 1 atom stereocenters. The third kappa shape index (κ3) is 7.29. The van der Waals surface area contributed by atoms with Gasteiger partial charge in [-0.3, -0.25) is 10.1 Å². The van der Waals surface area contributed by atoms with E-state index in [0.29, 0.717) is 12.1 Å². The highest BCUT2D eigenvalue weighted by atomic mass is 32.2. The lowest BCUT2D eigenvalue weighted by Crippen LogP contribution is -2.42. The Morgan fingerprint density at radius 2 is 1.68 bits per heavy atom. The molecule has 2 aromatic carbocycles. The maximum Gasteiger partial charge on any atom is 0.339 e. The average Bonchev–Trinajstić information content (AvgIpc) is 2.75. The van der Waals surface area contributed by atoms with Crippen molar-refractivity contribution in [2.45, 2.75) is 44.2 Å². The lowest BCUT2D eigenvalue weighted by atomic mass is 10.1. The van der Waals surface area contributed by atoms with Gasteiger partial charge < -0.3 is 14.8 Å². The molecule has 0 aliphatic heterocycles. The molecule has 0 fully saturated rings. The van der Waals surface area contributed by atoms with E-state index in [0.717, 1.165) is 6.07 Å². The number of benzene rings is 2. The maximum atomic E-state index is 12.9. The number of urea groups is 1. The van der Waals surface area contributed by atoms with E-state index in [1.54, 1.807) is 58.0 Å². The molecule has 184 valence electrons. The van der Waals surface area contributed by atoms with E-state index >= 15 is 0 Å². The fraction of sp³-hybridized carbons (Fsp3) is 0.348. The lowest BCUT2D eigenvalue weighted by Gasteiger charge is -2.22. The Bertz CT molecular complexity index is 1140. The van der Waals surface area contributed by atoms with Crippen LogP contribution < -0.4 is 20.1 Å². The zero-order chi connectivity index (χ0) is 25.5. The van der Waals surface area contributed by atoms with Crippen molar-refractivity contribution in [3.05, 3.63) is 59.7 Å². The van der Waals surface area contributed by atoms with E-state index in [1.807, 2.05) is 0 Å². The SMILES string of the molecule is CCNC(=O)NC(=O)C(OC(=O)c1ccc(OC)c(S(=O)(=O)NC(C)(C)C)c1)c1ccccc1. The Hall–Kier alpha value is -3.44. The smallest absolute Gasteiger partial charge is 0.339 e. The summed E-state index contributed by atoms with van der Waals surface area (Å²) in [4.78, 5) is 37.2. The van der Waals surface area contributed by atoms with E-state index in [1.165, 1.54) is 19.2 Å². The molecule has 0 aliphatic carbocycles. The fourth-order valence-corrected chi connectivity index (χ4v) is 4.54. The molecule has 0 aliphatic rings. The highest BCUT2D eigenvalue weighted by Crippen LogP contribution is 2.27. The van der Waals surface area contributed by atoms with Gasteiger partial charge in [0, 0.05) is 17.6 Å². The minimum absolute atomic E-state index is 0.0295. The van der Waals surface area contributed by atoms with Crippen LogP contribution in [0, 0.1) is 0 Å². The molecule has 3 amide bonds. The Morgan fingerprint density at radius 1 is 1.03 bits per heavy atom. The predicted molar refractivity (Wildman–Crippen MR) is 125 cm³/mol. The van der Waals surface area contributed by atoms with Crippen molar-refractivity contribution in [3.8, 4) is 5.75 Å². The average molecular weight is 492 g/mol. The number of imide groups is 1. The van der Waals surface area contributed by atoms with Gasteiger partial charge in [-0.15, -0.1) is 0 Å². The van der Waals surface area contributed by atoms with E-state index < -0.39 is 39.6 Å². The number of rotatable bonds is 8. The van der Waals surface area contributed by atoms with Crippen molar-refractivity contribution < 1.29 is 32.3 Å². The standard InChI is InChI=1S/C23H29N3O7S/c1-6-24-22(29)25-20(27)19(15-10-8-7-9-11-15)33-21(28)16-12-13-17(32-5)18(14-16)34(30,31)26-23(2,3)4/h7-14,19,26H,6H2,1-5H3,(H2,24,25,27,29). The first-order valence-electron chi connectivity index (χ1n) is 10.4. The van der Waals surface area contributed by atoms with Crippen LogP contribution in [0.25, 0.3) is 0 Å². The number of amides is 3.